The third-order valence-electron chi connectivity index (χ3n) is 3.24. The van der Waals surface area contributed by atoms with Gasteiger partial charge in [-0.05, 0) is 38.9 Å². The van der Waals surface area contributed by atoms with E-state index in [0.717, 1.165) is 38.9 Å². The summed E-state index contributed by atoms with van der Waals surface area (Å²) in [6.07, 6.45) is 2.97. The topological polar surface area (TPSA) is 46.3 Å². The molecule has 62 valence electrons. The summed E-state index contributed by atoms with van der Waals surface area (Å²) in [5.41, 5.74) is 5.26. The summed E-state index contributed by atoms with van der Waals surface area (Å²) in [5, 5.41) is 0. The van der Waals surface area contributed by atoms with Crippen molar-refractivity contribution < 1.29 is 4.79 Å². The Morgan fingerprint density at radius 3 is 1.91 bits per heavy atom. The minimum atomic E-state index is -0.116. The predicted octanol–water partition coefficient (Wildman–Crippen LogP) is -0.0424. The first kappa shape index (κ1) is 7.10. The molecule has 11 heavy (non-hydrogen) atoms. The lowest BCUT2D eigenvalue weighted by Gasteiger charge is -2.46. The smallest absolute Gasteiger partial charge is 0.223 e. The fourth-order valence-electron chi connectivity index (χ4n) is 2.20. The van der Waals surface area contributed by atoms with Crippen molar-refractivity contribution in [3.8, 4) is 0 Å². The fourth-order valence-corrected chi connectivity index (χ4v) is 2.20. The number of nitrogens with two attached hydrogens (primary N) is 1. The number of rotatable bonds is 1. The van der Waals surface area contributed by atoms with Crippen molar-refractivity contribution in [1.82, 2.24) is 4.90 Å². The quantitative estimate of drug-likeness (QED) is 0.576. The van der Waals surface area contributed by atoms with Crippen molar-refractivity contribution in [3.63, 3.8) is 0 Å². The molecule has 0 saturated carbocycles. The Morgan fingerprint density at radius 2 is 1.64 bits per heavy atom. The van der Waals surface area contributed by atoms with Crippen LogP contribution in [0.4, 0.5) is 0 Å². The lowest BCUT2D eigenvalue weighted by atomic mass is 9.71. The largest absolute Gasteiger partial charge is 0.369 e. The second-order valence-electron chi connectivity index (χ2n) is 3.74. The minimum absolute atomic E-state index is 0.0724. The molecule has 0 aliphatic carbocycles. The van der Waals surface area contributed by atoms with Crippen molar-refractivity contribution in [2.24, 2.45) is 11.1 Å². The molecule has 0 aromatic rings. The summed E-state index contributed by atoms with van der Waals surface area (Å²) < 4.78 is 0. The van der Waals surface area contributed by atoms with Gasteiger partial charge in [-0.3, -0.25) is 4.79 Å². The summed E-state index contributed by atoms with van der Waals surface area (Å²) in [5.74, 6) is -0.0724. The van der Waals surface area contributed by atoms with Gasteiger partial charge in [-0.25, -0.2) is 0 Å². The molecular formula is C8H14N2O. The number of hydrogen-bond donors (Lipinski definition) is 1. The SMILES string of the molecule is NC(=O)C12CCN(CC1)CC2. The summed E-state index contributed by atoms with van der Waals surface area (Å²) in [4.78, 5) is 13.5. The first-order chi connectivity index (χ1) is 5.23. The van der Waals surface area contributed by atoms with Crippen LogP contribution in [0.15, 0.2) is 0 Å². The lowest BCUT2D eigenvalue weighted by Crippen LogP contribution is -2.53. The Bertz CT molecular complexity index is 169. The van der Waals surface area contributed by atoms with Crippen molar-refractivity contribution in [2.75, 3.05) is 19.6 Å². The van der Waals surface area contributed by atoms with Gasteiger partial charge < -0.3 is 10.6 Å². The summed E-state index contributed by atoms with van der Waals surface area (Å²) in [6, 6.07) is 0. The molecule has 0 unspecified atom stereocenters. The van der Waals surface area contributed by atoms with Gasteiger partial charge in [0.25, 0.3) is 0 Å². The molecule has 3 saturated heterocycles. The maximum absolute atomic E-state index is 11.1. The highest BCUT2D eigenvalue weighted by atomic mass is 16.1. The lowest BCUT2D eigenvalue weighted by molar-refractivity contribution is -0.134. The van der Waals surface area contributed by atoms with Gasteiger partial charge in [-0.2, -0.15) is 0 Å². The Labute approximate surface area is 66.5 Å². The molecular weight excluding hydrogens is 140 g/mol. The molecule has 0 radical (unpaired) electrons. The van der Waals surface area contributed by atoms with Crippen LogP contribution in [-0.2, 0) is 4.79 Å². The van der Waals surface area contributed by atoms with E-state index in [1.165, 1.54) is 0 Å². The average molecular weight is 154 g/mol. The van der Waals surface area contributed by atoms with Crippen LogP contribution in [-0.4, -0.2) is 30.4 Å². The Hall–Kier alpha value is -0.570. The monoisotopic (exact) mass is 154 g/mol. The fraction of sp³-hybridized carbons (Fsp3) is 0.875. The van der Waals surface area contributed by atoms with Gasteiger partial charge in [0, 0.05) is 0 Å². The number of nitrogens with zero attached hydrogens (tertiary/aromatic N) is 1. The molecule has 3 nitrogen and oxygen atoms in total. The van der Waals surface area contributed by atoms with Crippen LogP contribution in [0.1, 0.15) is 19.3 Å². The number of amides is 1. The molecule has 2 bridgehead atoms. The second-order valence-corrected chi connectivity index (χ2v) is 3.74. The van der Waals surface area contributed by atoms with Crippen LogP contribution < -0.4 is 5.73 Å². The molecule has 3 aliphatic rings. The van der Waals surface area contributed by atoms with Crippen molar-refractivity contribution in [3.05, 3.63) is 0 Å². The molecule has 3 heterocycles. The van der Waals surface area contributed by atoms with Crippen molar-refractivity contribution in [1.29, 1.82) is 0 Å². The van der Waals surface area contributed by atoms with Gasteiger partial charge in [-0.15, -0.1) is 0 Å². The van der Waals surface area contributed by atoms with Gasteiger partial charge in [-0.1, -0.05) is 0 Å². The standard InChI is InChI=1S/C8H14N2O/c9-7(11)8-1-4-10(5-2-8)6-3-8/h1-6H2,(H2,9,11). The van der Waals surface area contributed by atoms with Crippen LogP contribution in [0.25, 0.3) is 0 Å². The van der Waals surface area contributed by atoms with Crippen molar-refractivity contribution >= 4 is 5.91 Å². The zero-order valence-corrected chi connectivity index (χ0v) is 6.68. The molecule has 0 aromatic heterocycles. The van der Waals surface area contributed by atoms with E-state index in [0.29, 0.717) is 0 Å². The van der Waals surface area contributed by atoms with Crippen molar-refractivity contribution in [2.45, 2.75) is 19.3 Å². The molecule has 3 rings (SSSR count). The van der Waals surface area contributed by atoms with E-state index in [9.17, 15) is 4.79 Å². The first-order valence-corrected chi connectivity index (χ1v) is 4.25. The molecule has 1 amide bonds. The third-order valence-corrected chi connectivity index (χ3v) is 3.24. The first-order valence-electron chi connectivity index (χ1n) is 4.25. The highest BCUT2D eigenvalue weighted by molar-refractivity contribution is 5.81. The maximum atomic E-state index is 11.1. The summed E-state index contributed by atoms with van der Waals surface area (Å²) >= 11 is 0. The van der Waals surface area contributed by atoms with Crippen LogP contribution in [0.2, 0.25) is 0 Å². The number of primary amides is 1. The Kier molecular flexibility index (Phi) is 1.42. The van der Waals surface area contributed by atoms with Gasteiger partial charge in [0.15, 0.2) is 0 Å². The van der Waals surface area contributed by atoms with Crippen LogP contribution in [0.3, 0.4) is 0 Å². The normalized spacial score (nSPS) is 42.4. The van der Waals surface area contributed by atoms with Gasteiger partial charge in [0.1, 0.15) is 0 Å². The Morgan fingerprint density at radius 1 is 1.18 bits per heavy atom. The average Bonchev–Trinajstić information content (AvgIpc) is 2.08. The molecule has 0 spiro atoms. The zero-order chi connectivity index (χ0) is 7.90. The van der Waals surface area contributed by atoms with Gasteiger partial charge in [0.05, 0.1) is 5.41 Å². The van der Waals surface area contributed by atoms with Gasteiger partial charge >= 0.3 is 0 Å². The van der Waals surface area contributed by atoms with E-state index in [-0.39, 0.29) is 11.3 Å². The third kappa shape index (κ3) is 0.948. The predicted molar refractivity (Wildman–Crippen MR) is 41.9 cm³/mol. The Balaban J connectivity index is 2.18. The van der Waals surface area contributed by atoms with Crippen LogP contribution in [0, 0.1) is 5.41 Å². The van der Waals surface area contributed by atoms with E-state index in [4.69, 9.17) is 5.73 Å². The summed E-state index contributed by atoms with van der Waals surface area (Å²) in [7, 11) is 0. The molecule has 3 aliphatic heterocycles. The van der Waals surface area contributed by atoms with Crippen LogP contribution in [0.5, 0.6) is 0 Å². The summed E-state index contributed by atoms with van der Waals surface area (Å²) in [6.45, 7) is 3.22. The number of hydrogen-bond acceptors (Lipinski definition) is 2. The number of carbonyl (C=O) groups is 1. The second kappa shape index (κ2) is 2.21. The van der Waals surface area contributed by atoms with E-state index < -0.39 is 0 Å². The molecule has 3 heteroatoms. The highest BCUT2D eigenvalue weighted by Crippen LogP contribution is 2.39. The minimum Gasteiger partial charge on any atom is -0.369 e. The van der Waals surface area contributed by atoms with Crippen LogP contribution >= 0.6 is 0 Å². The van der Waals surface area contributed by atoms with Gasteiger partial charge in [0.2, 0.25) is 5.91 Å². The van der Waals surface area contributed by atoms with E-state index >= 15 is 0 Å². The van der Waals surface area contributed by atoms with E-state index in [1.54, 1.807) is 0 Å². The van der Waals surface area contributed by atoms with E-state index in [1.807, 2.05) is 0 Å². The molecule has 0 atom stereocenters. The number of piperidine rings is 3. The molecule has 3 fully saturated rings. The van der Waals surface area contributed by atoms with E-state index in [2.05, 4.69) is 4.90 Å². The molecule has 0 aromatic carbocycles. The maximum Gasteiger partial charge on any atom is 0.223 e. The highest BCUT2D eigenvalue weighted by Gasteiger charge is 2.43. The zero-order valence-electron chi connectivity index (χ0n) is 6.68. The number of fused-ring (bicyclic) bond motifs is 3. The molecule has 2 N–H and O–H groups in total. The number of carbonyl (C=O) groups excluding carboxylic acids is 1.